The summed E-state index contributed by atoms with van der Waals surface area (Å²) in [6, 6.07) is 3.85. The number of nitrogens with one attached hydrogen (secondary N) is 1. The molecule has 0 spiro atoms. The Kier molecular flexibility index (Phi) is 3.39. The summed E-state index contributed by atoms with van der Waals surface area (Å²) >= 11 is 1.28. The van der Waals surface area contributed by atoms with E-state index in [9.17, 15) is 4.79 Å². The predicted octanol–water partition coefficient (Wildman–Crippen LogP) is 1.01. The van der Waals surface area contributed by atoms with Gasteiger partial charge in [-0.1, -0.05) is 11.8 Å². The first-order chi connectivity index (χ1) is 9.65. The van der Waals surface area contributed by atoms with Crippen LogP contribution in [0.5, 0.6) is 0 Å². The topological polar surface area (TPSA) is 99.0 Å². The molecule has 2 aromatic rings. The third-order valence-corrected chi connectivity index (χ3v) is 4.04. The van der Waals surface area contributed by atoms with Gasteiger partial charge in [-0.2, -0.15) is 0 Å². The summed E-state index contributed by atoms with van der Waals surface area (Å²) in [5.41, 5.74) is 0. The number of hydrogen-bond donors (Lipinski definition) is 2. The summed E-state index contributed by atoms with van der Waals surface area (Å²) in [5, 5.41) is 11.1. The predicted molar refractivity (Wildman–Crippen MR) is 74.4 cm³/mol. The van der Waals surface area contributed by atoms with Crippen LogP contribution in [0.15, 0.2) is 28.0 Å². The molecule has 1 saturated carbocycles. The van der Waals surface area contributed by atoms with Crippen molar-refractivity contribution in [3.63, 3.8) is 0 Å². The van der Waals surface area contributed by atoms with Crippen molar-refractivity contribution in [1.29, 1.82) is 0 Å². The number of furan rings is 1. The lowest BCUT2D eigenvalue weighted by Gasteiger charge is -2.10. The quantitative estimate of drug-likeness (QED) is 0.630. The lowest BCUT2D eigenvalue weighted by Crippen LogP contribution is -2.32. The third kappa shape index (κ3) is 2.64. The van der Waals surface area contributed by atoms with Gasteiger partial charge in [-0.05, 0) is 31.9 Å². The molecule has 20 heavy (non-hydrogen) atoms. The van der Waals surface area contributed by atoms with E-state index < -0.39 is 0 Å². The highest BCUT2D eigenvalue weighted by Crippen LogP contribution is 2.26. The molecule has 2 heterocycles. The van der Waals surface area contributed by atoms with Crippen LogP contribution < -0.4 is 11.2 Å². The minimum atomic E-state index is -0.272. The second kappa shape index (κ2) is 5.20. The highest BCUT2D eigenvalue weighted by Gasteiger charge is 2.27. The van der Waals surface area contributed by atoms with Gasteiger partial charge in [-0.3, -0.25) is 4.79 Å². The van der Waals surface area contributed by atoms with E-state index >= 15 is 0 Å². The van der Waals surface area contributed by atoms with Gasteiger partial charge in [0.2, 0.25) is 16.9 Å². The molecule has 2 aromatic heterocycles. The molecule has 7 nitrogen and oxygen atoms in total. The molecule has 8 heteroatoms. The van der Waals surface area contributed by atoms with Gasteiger partial charge in [-0.25, -0.2) is 4.68 Å². The van der Waals surface area contributed by atoms with Crippen molar-refractivity contribution in [1.82, 2.24) is 20.2 Å². The number of carbonyl (C=O) groups is 1. The van der Waals surface area contributed by atoms with Crippen LogP contribution in [0.1, 0.15) is 19.8 Å². The number of carbonyl (C=O) groups excluding carboxylic acids is 1. The highest BCUT2D eigenvalue weighted by molar-refractivity contribution is 8.00. The van der Waals surface area contributed by atoms with Gasteiger partial charge in [-0.15, -0.1) is 10.2 Å². The second-order valence-corrected chi connectivity index (χ2v) is 6.00. The van der Waals surface area contributed by atoms with Gasteiger partial charge >= 0.3 is 0 Å². The third-order valence-electron chi connectivity index (χ3n) is 2.98. The first-order valence-electron chi connectivity index (χ1n) is 6.36. The van der Waals surface area contributed by atoms with Gasteiger partial charge in [0.15, 0.2) is 5.76 Å². The molecule has 1 aliphatic carbocycles. The van der Waals surface area contributed by atoms with Crippen molar-refractivity contribution in [2.75, 3.05) is 5.84 Å². The average Bonchev–Trinajstić information content (AvgIpc) is 2.94. The summed E-state index contributed by atoms with van der Waals surface area (Å²) in [4.78, 5) is 11.9. The Morgan fingerprint density at radius 2 is 2.40 bits per heavy atom. The minimum absolute atomic E-state index is 0.0000450. The molecule has 106 valence electrons. The first-order valence-corrected chi connectivity index (χ1v) is 7.24. The molecule has 0 bridgehead atoms. The molecule has 3 rings (SSSR count). The maximum atomic E-state index is 11.9. The Balaban J connectivity index is 1.69. The Morgan fingerprint density at radius 1 is 1.60 bits per heavy atom. The molecular formula is C12H15N5O2S. The van der Waals surface area contributed by atoms with Crippen LogP contribution in [0.3, 0.4) is 0 Å². The molecule has 0 aromatic carbocycles. The molecule has 0 saturated heterocycles. The number of nitrogens with zero attached hydrogens (tertiary/aromatic N) is 3. The maximum Gasteiger partial charge on any atom is 0.233 e. The Bertz CT molecular complexity index is 605. The van der Waals surface area contributed by atoms with E-state index in [1.165, 1.54) is 16.4 Å². The second-order valence-electron chi connectivity index (χ2n) is 4.70. The zero-order valence-electron chi connectivity index (χ0n) is 10.9. The van der Waals surface area contributed by atoms with E-state index in [1.807, 2.05) is 6.92 Å². The zero-order valence-corrected chi connectivity index (χ0v) is 11.8. The van der Waals surface area contributed by atoms with Gasteiger partial charge in [0, 0.05) is 6.04 Å². The summed E-state index contributed by atoms with van der Waals surface area (Å²) in [6.45, 7) is 1.82. The van der Waals surface area contributed by atoms with Crippen LogP contribution in [0, 0.1) is 0 Å². The summed E-state index contributed by atoms with van der Waals surface area (Å²) < 4.78 is 6.57. The van der Waals surface area contributed by atoms with Crippen LogP contribution in [-0.4, -0.2) is 32.1 Å². The van der Waals surface area contributed by atoms with Crippen LogP contribution in [-0.2, 0) is 4.79 Å². The van der Waals surface area contributed by atoms with Crippen LogP contribution in [0.2, 0.25) is 0 Å². The number of rotatable bonds is 5. The van der Waals surface area contributed by atoms with Crippen molar-refractivity contribution >= 4 is 17.7 Å². The molecule has 1 fully saturated rings. The van der Waals surface area contributed by atoms with Crippen molar-refractivity contribution in [3.05, 3.63) is 18.4 Å². The molecule has 1 atom stereocenters. The smallest absolute Gasteiger partial charge is 0.233 e. The van der Waals surface area contributed by atoms with Crippen LogP contribution >= 0.6 is 11.8 Å². The van der Waals surface area contributed by atoms with Gasteiger partial charge < -0.3 is 15.6 Å². The molecule has 1 aliphatic rings. The maximum absolute atomic E-state index is 11.9. The monoisotopic (exact) mass is 293 g/mol. The van der Waals surface area contributed by atoms with Gasteiger partial charge in [0.1, 0.15) is 0 Å². The lowest BCUT2D eigenvalue weighted by molar-refractivity contribution is -0.120. The number of hydrogen-bond acceptors (Lipinski definition) is 6. The van der Waals surface area contributed by atoms with Gasteiger partial charge in [0.25, 0.3) is 0 Å². The molecular weight excluding hydrogens is 278 g/mol. The van der Waals surface area contributed by atoms with E-state index in [2.05, 4.69) is 15.5 Å². The van der Waals surface area contributed by atoms with E-state index in [-0.39, 0.29) is 11.2 Å². The van der Waals surface area contributed by atoms with Crippen molar-refractivity contribution in [2.24, 2.45) is 0 Å². The standard InChI is InChI=1S/C12H15N5O2S/c1-7(11(18)14-8-4-5-8)20-12-16-15-10(17(12)13)9-3-2-6-19-9/h2-3,6-8H,4-5,13H2,1H3,(H,14,18)/t7-/m0/s1. The fourth-order valence-electron chi connectivity index (χ4n) is 1.69. The molecule has 0 unspecified atom stereocenters. The Morgan fingerprint density at radius 3 is 3.05 bits per heavy atom. The highest BCUT2D eigenvalue weighted by atomic mass is 32.2. The van der Waals surface area contributed by atoms with Crippen molar-refractivity contribution < 1.29 is 9.21 Å². The number of nitrogen functional groups attached to an aromatic ring is 1. The number of aromatic nitrogens is 3. The first kappa shape index (κ1) is 13.0. The average molecular weight is 293 g/mol. The van der Waals surface area contributed by atoms with Crippen molar-refractivity contribution in [3.8, 4) is 11.6 Å². The summed E-state index contributed by atoms with van der Waals surface area (Å²) in [6.07, 6.45) is 3.68. The van der Waals surface area contributed by atoms with Crippen LogP contribution in [0.4, 0.5) is 0 Å². The summed E-state index contributed by atoms with van der Waals surface area (Å²) in [7, 11) is 0. The number of amides is 1. The van der Waals surface area contributed by atoms with Crippen molar-refractivity contribution in [2.45, 2.75) is 36.2 Å². The minimum Gasteiger partial charge on any atom is -0.461 e. The molecule has 3 N–H and O–H groups in total. The van der Waals surface area contributed by atoms with E-state index in [0.717, 1.165) is 12.8 Å². The SMILES string of the molecule is C[C@H](Sc1nnc(-c2ccco2)n1N)C(=O)NC1CC1. The van der Waals surface area contributed by atoms with Gasteiger partial charge in [0.05, 0.1) is 11.5 Å². The zero-order chi connectivity index (χ0) is 14.1. The number of nitrogens with two attached hydrogens (primary N) is 1. The number of thioether (sulfide) groups is 1. The Labute approximate surface area is 119 Å². The summed E-state index contributed by atoms with van der Waals surface area (Å²) in [5.74, 6) is 6.92. The lowest BCUT2D eigenvalue weighted by atomic mass is 10.4. The molecule has 1 amide bonds. The Hall–Kier alpha value is -1.96. The van der Waals surface area contributed by atoms with E-state index in [0.29, 0.717) is 22.8 Å². The van der Waals surface area contributed by atoms with Crippen LogP contribution in [0.25, 0.3) is 11.6 Å². The fourth-order valence-corrected chi connectivity index (χ4v) is 2.47. The normalized spacial score (nSPS) is 16.1. The van der Waals surface area contributed by atoms with E-state index in [1.54, 1.807) is 18.4 Å². The van der Waals surface area contributed by atoms with E-state index in [4.69, 9.17) is 10.3 Å². The fraction of sp³-hybridized carbons (Fsp3) is 0.417. The molecule has 0 radical (unpaired) electrons. The largest absolute Gasteiger partial charge is 0.461 e. The molecule has 0 aliphatic heterocycles.